The predicted octanol–water partition coefficient (Wildman–Crippen LogP) is 3.29. The Morgan fingerprint density at radius 2 is 1.95 bits per heavy atom. The Bertz CT molecular complexity index is 728. The average molecular weight is 303 g/mol. The average Bonchev–Trinajstić information content (AvgIpc) is 2.80. The Labute approximate surface area is 129 Å². The maximum atomic E-state index is 12.5. The van der Waals surface area contributed by atoms with Gasteiger partial charge in [-0.15, -0.1) is 0 Å². The number of ether oxygens (including phenoxy) is 2. The fourth-order valence-electron chi connectivity index (χ4n) is 2.75. The standard InChI is InChI=1S/C17H21NO4/c1-6-22-17(20)16(19)14-11(4)12-8-7-9-13(21-5)15(12)18(14)10(2)3/h7-10H,6H2,1-5H3. The number of hydrogen-bond acceptors (Lipinski definition) is 4. The van der Waals surface area contributed by atoms with Crippen LogP contribution in [0.5, 0.6) is 5.75 Å². The van der Waals surface area contributed by atoms with Gasteiger partial charge in [0.2, 0.25) is 0 Å². The van der Waals surface area contributed by atoms with Crippen molar-refractivity contribution < 1.29 is 19.1 Å². The van der Waals surface area contributed by atoms with Crippen LogP contribution in [0, 0.1) is 6.92 Å². The van der Waals surface area contributed by atoms with Crippen LogP contribution in [0.1, 0.15) is 42.9 Å². The third kappa shape index (κ3) is 2.47. The highest BCUT2D eigenvalue weighted by Crippen LogP contribution is 2.35. The molecule has 2 rings (SSSR count). The van der Waals surface area contributed by atoms with Crippen molar-refractivity contribution >= 4 is 22.7 Å². The van der Waals surface area contributed by atoms with E-state index >= 15 is 0 Å². The Kier molecular flexibility index (Phi) is 4.54. The van der Waals surface area contributed by atoms with E-state index in [4.69, 9.17) is 9.47 Å². The SMILES string of the molecule is CCOC(=O)C(=O)c1c(C)c2cccc(OC)c2n1C(C)C. The molecule has 1 heterocycles. The quantitative estimate of drug-likeness (QED) is 0.483. The number of nitrogens with zero attached hydrogens (tertiary/aromatic N) is 1. The molecule has 0 unspecified atom stereocenters. The Morgan fingerprint density at radius 1 is 1.27 bits per heavy atom. The van der Waals surface area contributed by atoms with Crippen molar-refractivity contribution in [1.29, 1.82) is 0 Å². The zero-order valence-electron chi connectivity index (χ0n) is 13.6. The monoisotopic (exact) mass is 303 g/mol. The van der Waals surface area contributed by atoms with Gasteiger partial charge in [0, 0.05) is 11.4 Å². The molecule has 0 aliphatic carbocycles. The Morgan fingerprint density at radius 3 is 2.50 bits per heavy atom. The molecule has 0 spiro atoms. The summed E-state index contributed by atoms with van der Waals surface area (Å²) >= 11 is 0. The summed E-state index contributed by atoms with van der Waals surface area (Å²) in [6, 6.07) is 5.64. The van der Waals surface area contributed by atoms with E-state index < -0.39 is 11.8 Å². The molecular formula is C17H21NO4. The minimum Gasteiger partial charge on any atom is -0.495 e. The number of carbonyl (C=O) groups is 2. The van der Waals surface area contributed by atoms with Crippen molar-refractivity contribution in [3.63, 3.8) is 0 Å². The number of carbonyl (C=O) groups excluding carboxylic acids is 2. The molecule has 5 nitrogen and oxygen atoms in total. The third-order valence-electron chi connectivity index (χ3n) is 3.65. The number of fused-ring (bicyclic) bond motifs is 1. The molecule has 0 bridgehead atoms. The van der Waals surface area contributed by atoms with Gasteiger partial charge in [-0.2, -0.15) is 0 Å². The van der Waals surface area contributed by atoms with Crippen LogP contribution in [0.25, 0.3) is 10.9 Å². The van der Waals surface area contributed by atoms with Crippen molar-refractivity contribution in [2.24, 2.45) is 0 Å². The largest absolute Gasteiger partial charge is 0.495 e. The Balaban J connectivity index is 2.79. The molecule has 1 aromatic heterocycles. The fraction of sp³-hybridized carbons (Fsp3) is 0.412. The second-order valence-corrected chi connectivity index (χ2v) is 5.34. The topological polar surface area (TPSA) is 57.5 Å². The van der Waals surface area contributed by atoms with E-state index in [9.17, 15) is 9.59 Å². The number of Topliss-reactive ketones (excluding diaryl/α,β-unsaturated/α-hetero) is 1. The van der Waals surface area contributed by atoms with Crippen LogP contribution in [0.2, 0.25) is 0 Å². The van der Waals surface area contributed by atoms with Gasteiger partial charge in [-0.1, -0.05) is 12.1 Å². The summed E-state index contributed by atoms with van der Waals surface area (Å²) in [5, 5.41) is 0.903. The summed E-state index contributed by atoms with van der Waals surface area (Å²) < 4.78 is 12.1. The van der Waals surface area contributed by atoms with Crippen LogP contribution >= 0.6 is 0 Å². The summed E-state index contributed by atoms with van der Waals surface area (Å²) in [7, 11) is 1.59. The van der Waals surface area contributed by atoms with Crippen LogP contribution in [0.4, 0.5) is 0 Å². The summed E-state index contributed by atoms with van der Waals surface area (Å²) in [6.45, 7) is 7.63. The molecule has 0 saturated heterocycles. The highest BCUT2D eigenvalue weighted by molar-refractivity contribution is 6.41. The number of aryl methyl sites for hydroxylation is 1. The molecule has 5 heteroatoms. The zero-order valence-corrected chi connectivity index (χ0v) is 13.6. The first kappa shape index (κ1) is 16.1. The van der Waals surface area contributed by atoms with E-state index in [1.807, 2.05) is 43.5 Å². The number of methoxy groups -OCH3 is 1. The van der Waals surface area contributed by atoms with Crippen LogP contribution in [-0.4, -0.2) is 30.0 Å². The maximum absolute atomic E-state index is 12.5. The van der Waals surface area contributed by atoms with E-state index in [0.29, 0.717) is 11.4 Å². The lowest BCUT2D eigenvalue weighted by Gasteiger charge is -2.15. The van der Waals surface area contributed by atoms with Gasteiger partial charge in [0.15, 0.2) is 0 Å². The molecule has 0 N–H and O–H groups in total. The lowest BCUT2D eigenvalue weighted by molar-refractivity contribution is -0.137. The summed E-state index contributed by atoms with van der Waals surface area (Å²) in [5.74, 6) is -0.766. The lowest BCUT2D eigenvalue weighted by Crippen LogP contribution is -2.22. The van der Waals surface area contributed by atoms with E-state index in [2.05, 4.69) is 0 Å². The number of ketones is 1. The van der Waals surface area contributed by atoms with E-state index in [1.54, 1.807) is 14.0 Å². The predicted molar refractivity (Wildman–Crippen MR) is 84.6 cm³/mol. The number of benzene rings is 1. The van der Waals surface area contributed by atoms with Gasteiger partial charge in [0.1, 0.15) is 11.4 Å². The molecule has 118 valence electrons. The van der Waals surface area contributed by atoms with Gasteiger partial charge in [0.05, 0.1) is 19.2 Å². The highest BCUT2D eigenvalue weighted by atomic mass is 16.5. The molecule has 0 aliphatic heterocycles. The second kappa shape index (κ2) is 6.22. The first-order valence-electron chi connectivity index (χ1n) is 7.32. The summed E-state index contributed by atoms with van der Waals surface area (Å²) in [4.78, 5) is 24.4. The third-order valence-corrected chi connectivity index (χ3v) is 3.65. The first-order chi connectivity index (χ1) is 10.4. The molecular weight excluding hydrogens is 282 g/mol. The molecule has 0 amide bonds. The number of para-hydroxylation sites is 1. The van der Waals surface area contributed by atoms with Crippen molar-refractivity contribution in [2.75, 3.05) is 13.7 Å². The van der Waals surface area contributed by atoms with Gasteiger partial charge in [0.25, 0.3) is 5.78 Å². The number of rotatable bonds is 5. The smallest absolute Gasteiger partial charge is 0.381 e. The van der Waals surface area contributed by atoms with Gasteiger partial charge < -0.3 is 14.0 Å². The van der Waals surface area contributed by atoms with Gasteiger partial charge in [-0.25, -0.2) is 4.79 Å². The molecule has 0 aliphatic rings. The van der Waals surface area contributed by atoms with E-state index in [-0.39, 0.29) is 12.6 Å². The minimum atomic E-state index is -0.825. The van der Waals surface area contributed by atoms with Crippen molar-refractivity contribution in [1.82, 2.24) is 4.57 Å². The van der Waals surface area contributed by atoms with Crippen molar-refractivity contribution in [3.8, 4) is 5.75 Å². The Hall–Kier alpha value is -2.30. The second-order valence-electron chi connectivity index (χ2n) is 5.34. The molecule has 0 radical (unpaired) electrons. The highest BCUT2D eigenvalue weighted by Gasteiger charge is 2.28. The molecule has 2 aromatic rings. The van der Waals surface area contributed by atoms with Crippen LogP contribution in [0.3, 0.4) is 0 Å². The summed E-state index contributed by atoms with van der Waals surface area (Å²) in [5.41, 5.74) is 1.96. The first-order valence-corrected chi connectivity index (χ1v) is 7.32. The van der Waals surface area contributed by atoms with Gasteiger partial charge in [-0.3, -0.25) is 4.79 Å². The van der Waals surface area contributed by atoms with Gasteiger partial charge in [-0.05, 0) is 39.3 Å². The van der Waals surface area contributed by atoms with Gasteiger partial charge >= 0.3 is 5.97 Å². The number of esters is 1. The molecule has 0 saturated carbocycles. The molecule has 22 heavy (non-hydrogen) atoms. The van der Waals surface area contributed by atoms with Crippen molar-refractivity contribution in [2.45, 2.75) is 33.7 Å². The van der Waals surface area contributed by atoms with Crippen LogP contribution < -0.4 is 4.74 Å². The number of aromatic nitrogens is 1. The van der Waals surface area contributed by atoms with Crippen molar-refractivity contribution in [3.05, 3.63) is 29.5 Å². The zero-order chi connectivity index (χ0) is 16.4. The summed E-state index contributed by atoms with van der Waals surface area (Å²) in [6.07, 6.45) is 0. The van der Waals surface area contributed by atoms with Crippen LogP contribution in [0.15, 0.2) is 18.2 Å². The minimum absolute atomic E-state index is 0.000812. The fourth-order valence-corrected chi connectivity index (χ4v) is 2.75. The normalized spacial score (nSPS) is 11.0. The number of hydrogen-bond donors (Lipinski definition) is 0. The molecule has 0 atom stereocenters. The maximum Gasteiger partial charge on any atom is 0.381 e. The van der Waals surface area contributed by atoms with E-state index in [1.165, 1.54) is 0 Å². The lowest BCUT2D eigenvalue weighted by atomic mass is 10.1. The molecule has 0 fully saturated rings. The molecule has 1 aromatic carbocycles. The van der Waals surface area contributed by atoms with E-state index in [0.717, 1.165) is 16.5 Å². The van der Waals surface area contributed by atoms with Crippen LogP contribution in [-0.2, 0) is 9.53 Å².